The lowest BCUT2D eigenvalue weighted by atomic mass is 9.76. The Labute approximate surface area is 444 Å². The van der Waals surface area contributed by atoms with E-state index in [9.17, 15) is 28.7 Å². The third-order valence-corrected chi connectivity index (χ3v) is 16.4. The van der Waals surface area contributed by atoms with Crippen molar-refractivity contribution < 1.29 is 28.7 Å². The lowest BCUT2D eigenvalue weighted by Crippen LogP contribution is -2.48. The molecular formula is C59H72FN9O5S. The predicted octanol–water partition coefficient (Wildman–Crippen LogP) is 9.91. The molecule has 0 spiro atoms. The van der Waals surface area contributed by atoms with Gasteiger partial charge in [-0.25, -0.2) is 23.9 Å². The SMILES string of the molecule is Cc1ncsc1-c1ccc(CCC(=O)[C@@H]2C[C@@H](O)CN2C(=O)[C@@H](CC(=O)CCCCCCCC(=O)CN2CCN(c3cccc(-c4cnc5ccc(N6CCC[C@@H]6c6cccc(F)c6)nn45)n3)CC2)C(C)(C)C)cc1. The molecule has 3 fully saturated rings. The van der Waals surface area contributed by atoms with Gasteiger partial charge in [0.15, 0.2) is 11.4 Å². The van der Waals surface area contributed by atoms with Crippen molar-refractivity contribution in [2.24, 2.45) is 11.3 Å². The maximum atomic E-state index is 14.2. The number of aromatic nitrogens is 5. The highest BCUT2D eigenvalue weighted by atomic mass is 32.1. The van der Waals surface area contributed by atoms with Crippen molar-refractivity contribution in [3.05, 3.63) is 113 Å². The Kier molecular flexibility index (Phi) is 17.3. The topological polar surface area (TPSA) is 157 Å². The molecule has 3 aliphatic rings. The number of rotatable bonds is 22. The second-order valence-electron chi connectivity index (χ2n) is 21.9. The number of pyridine rings is 1. The summed E-state index contributed by atoms with van der Waals surface area (Å²) in [5.41, 5.74) is 7.69. The fourth-order valence-corrected chi connectivity index (χ4v) is 12.0. The molecular weight excluding hydrogens is 966 g/mol. The highest BCUT2D eigenvalue weighted by molar-refractivity contribution is 7.13. The quantitative estimate of drug-likeness (QED) is 0.0643. The number of anilines is 2. The fourth-order valence-electron chi connectivity index (χ4n) is 11.2. The first-order valence-electron chi connectivity index (χ1n) is 27.0. The number of ketones is 3. The summed E-state index contributed by atoms with van der Waals surface area (Å²) in [4.78, 5) is 77.7. The minimum absolute atomic E-state index is 0.0380. The number of β-amino-alcohol motifs (C(OH)–C–C–N with tert-alkyl or cyclic N) is 1. The van der Waals surface area contributed by atoms with Gasteiger partial charge in [-0.3, -0.25) is 24.1 Å². The maximum absolute atomic E-state index is 14.2. The number of thiazole rings is 1. The van der Waals surface area contributed by atoms with Gasteiger partial charge in [0.1, 0.15) is 34.7 Å². The number of halogens is 1. The first kappa shape index (κ1) is 53.6. The van der Waals surface area contributed by atoms with Crippen LogP contribution in [0.4, 0.5) is 16.0 Å². The van der Waals surface area contributed by atoms with Crippen molar-refractivity contribution in [3.63, 3.8) is 0 Å². The number of benzene rings is 2. The van der Waals surface area contributed by atoms with Gasteiger partial charge in [0.2, 0.25) is 5.91 Å². The lowest BCUT2D eigenvalue weighted by Gasteiger charge is -2.35. The van der Waals surface area contributed by atoms with Gasteiger partial charge < -0.3 is 19.8 Å². The molecule has 4 aromatic heterocycles. The van der Waals surface area contributed by atoms with E-state index in [0.717, 1.165) is 134 Å². The van der Waals surface area contributed by atoms with E-state index in [1.54, 1.807) is 28.4 Å². The summed E-state index contributed by atoms with van der Waals surface area (Å²) in [5.74, 6) is 0.846. The fraction of sp³-hybridized carbons (Fsp3) is 0.492. The number of hydrogen-bond acceptors (Lipinski definition) is 13. The minimum atomic E-state index is -0.780. The normalized spacial score (nSPS) is 18.8. The van der Waals surface area contributed by atoms with Crippen LogP contribution in [0, 0.1) is 24.1 Å². The van der Waals surface area contributed by atoms with Crippen LogP contribution in [0.5, 0.6) is 0 Å². The minimum Gasteiger partial charge on any atom is -0.391 e. The molecule has 0 bridgehead atoms. The van der Waals surface area contributed by atoms with Crippen LogP contribution in [0.25, 0.3) is 27.5 Å². The summed E-state index contributed by atoms with van der Waals surface area (Å²) in [6.45, 7) is 12.3. The number of carbonyl (C=O) groups is 4. The molecule has 14 nitrogen and oxygen atoms in total. The number of likely N-dealkylation sites (tertiary alicyclic amines) is 1. The highest BCUT2D eigenvalue weighted by Crippen LogP contribution is 2.37. The Bertz CT molecular complexity index is 2940. The average Bonchev–Trinajstić information content (AvgIpc) is 4.24. The molecule has 2 aromatic carbocycles. The van der Waals surface area contributed by atoms with Gasteiger partial charge in [-0.05, 0) is 97.5 Å². The van der Waals surface area contributed by atoms with E-state index in [4.69, 9.17) is 10.1 Å². The van der Waals surface area contributed by atoms with E-state index in [2.05, 4.69) is 36.8 Å². The second-order valence-corrected chi connectivity index (χ2v) is 22.8. The van der Waals surface area contributed by atoms with Crippen LogP contribution < -0.4 is 9.80 Å². The molecule has 0 saturated carbocycles. The number of fused-ring (bicyclic) bond motifs is 1. The summed E-state index contributed by atoms with van der Waals surface area (Å²) in [6, 6.07) is 24.3. The van der Waals surface area contributed by atoms with Gasteiger partial charge in [0.05, 0.1) is 52.7 Å². The van der Waals surface area contributed by atoms with Crippen LogP contribution in [0.2, 0.25) is 0 Å². The number of Topliss-reactive ketones (excluding diaryl/α,β-unsaturated/α-hetero) is 3. The summed E-state index contributed by atoms with van der Waals surface area (Å²) < 4.78 is 16.0. The molecule has 3 saturated heterocycles. The smallest absolute Gasteiger partial charge is 0.227 e. The zero-order valence-electron chi connectivity index (χ0n) is 44.0. The molecule has 7 heterocycles. The number of aliphatic hydroxyl groups is 1. The Morgan fingerprint density at radius 1 is 0.827 bits per heavy atom. The lowest BCUT2D eigenvalue weighted by molar-refractivity contribution is -0.145. The zero-order valence-corrected chi connectivity index (χ0v) is 44.8. The van der Waals surface area contributed by atoms with Crippen molar-refractivity contribution in [2.45, 2.75) is 129 Å². The van der Waals surface area contributed by atoms with E-state index in [-0.39, 0.29) is 60.9 Å². The van der Waals surface area contributed by atoms with Crippen LogP contribution >= 0.6 is 11.3 Å². The van der Waals surface area contributed by atoms with E-state index in [1.807, 2.05) is 92.4 Å². The van der Waals surface area contributed by atoms with Crippen molar-refractivity contribution >= 4 is 51.9 Å². The van der Waals surface area contributed by atoms with E-state index in [1.165, 1.54) is 6.07 Å². The standard InChI is InChI=1S/C59H72FN9O5S/c1-40-57(75-39-62-40)42-23-20-41(21-24-42)22-25-53(73)51-35-47(72)38-68(51)58(74)48(59(2,3)4)34-45(70)15-8-6-5-7-9-16-46(71)37-65-29-31-66(32-30-65)55-19-11-17-49(63-55)52-36-61-54-26-27-56(64-69(52)54)67-28-12-18-50(67)43-13-10-14-44(60)33-43/h10-11,13-14,17,19-21,23-24,26-27,33,36,39,47-48,50-51,72H,5-9,12,15-16,18,22,25,28-32,34-35,37-38H2,1-4H3/t47-,48-,50-,51+/m1/s1. The molecule has 0 aliphatic carbocycles. The van der Waals surface area contributed by atoms with Gasteiger partial charge in [-0.2, -0.15) is 0 Å². The van der Waals surface area contributed by atoms with Crippen LogP contribution in [-0.2, 0) is 25.6 Å². The first-order valence-corrected chi connectivity index (χ1v) is 27.9. The number of unbranched alkanes of at least 4 members (excludes halogenated alkanes) is 4. The molecule has 1 amide bonds. The Balaban J connectivity index is 0.672. The van der Waals surface area contributed by atoms with Crippen molar-refractivity contribution in [3.8, 4) is 21.8 Å². The summed E-state index contributed by atoms with van der Waals surface area (Å²) in [5, 5.41) is 15.7. The number of amides is 1. The van der Waals surface area contributed by atoms with Gasteiger partial charge >= 0.3 is 0 Å². The summed E-state index contributed by atoms with van der Waals surface area (Å²) in [7, 11) is 0. The largest absolute Gasteiger partial charge is 0.391 e. The highest BCUT2D eigenvalue weighted by Gasteiger charge is 2.44. The molecule has 0 radical (unpaired) electrons. The van der Waals surface area contributed by atoms with Crippen molar-refractivity contribution in [1.82, 2.24) is 34.4 Å². The van der Waals surface area contributed by atoms with Gasteiger partial charge in [0.25, 0.3) is 0 Å². The molecule has 9 rings (SSSR count). The van der Waals surface area contributed by atoms with Crippen LogP contribution in [-0.4, -0.2) is 121 Å². The summed E-state index contributed by atoms with van der Waals surface area (Å²) >= 11 is 1.60. The van der Waals surface area contributed by atoms with E-state index < -0.39 is 23.5 Å². The van der Waals surface area contributed by atoms with Crippen LogP contribution in [0.3, 0.4) is 0 Å². The molecule has 4 atom stereocenters. The number of nitrogens with zero attached hydrogens (tertiary/aromatic N) is 9. The number of hydrogen-bond donors (Lipinski definition) is 1. The summed E-state index contributed by atoms with van der Waals surface area (Å²) in [6.07, 6.45) is 9.26. The number of piperazine rings is 1. The molecule has 6 aromatic rings. The Morgan fingerprint density at radius 2 is 1.57 bits per heavy atom. The third-order valence-electron chi connectivity index (χ3n) is 15.5. The van der Waals surface area contributed by atoms with Crippen LogP contribution in [0.1, 0.15) is 121 Å². The Hall–Kier alpha value is -6.23. The van der Waals surface area contributed by atoms with Gasteiger partial charge in [-0.1, -0.05) is 82.5 Å². The number of carbonyl (C=O) groups excluding carboxylic acids is 4. The maximum Gasteiger partial charge on any atom is 0.227 e. The number of imidazole rings is 1. The van der Waals surface area contributed by atoms with Crippen LogP contribution in [0.15, 0.2) is 90.6 Å². The zero-order chi connectivity index (χ0) is 52.6. The number of aliphatic hydroxyl groups excluding tert-OH is 1. The van der Waals surface area contributed by atoms with Gasteiger partial charge in [-0.15, -0.1) is 16.4 Å². The predicted molar refractivity (Wildman–Crippen MR) is 292 cm³/mol. The second kappa shape index (κ2) is 24.2. The molecule has 16 heteroatoms. The molecule has 0 unspecified atom stereocenters. The molecule has 396 valence electrons. The third kappa shape index (κ3) is 13.2. The molecule has 75 heavy (non-hydrogen) atoms. The molecule has 3 aliphatic heterocycles. The molecule has 1 N–H and O–H groups in total. The van der Waals surface area contributed by atoms with E-state index in [0.29, 0.717) is 25.8 Å². The average molecular weight is 1040 g/mol. The van der Waals surface area contributed by atoms with Crippen molar-refractivity contribution in [1.29, 1.82) is 0 Å². The monoisotopic (exact) mass is 1040 g/mol. The first-order chi connectivity index (χ1) is 36.2. The van der Waals surface area contributed by atoms with Gasteiger partial charge in [0, 0.05) is 77.3 Å². The Morgan fingerprint density at radius 3 is 2.31 bits per heavy atom. The van der Waals surface area contributed by atoms with E-state index >= 15 is 0 Å². The van der Waals surface area contributed by atoms with Crippen molar-refractivity contribution in [2.75, 3.05) is 55.6 Å². The number of aryl methyl sites for hydroxylation is 2.